The van der Waals surface area contributed by atoms with Crippen LogP contribution in [0.25, 0.3) is 11.0 Å². The standard InChI is InChI=1S/C14H18N2O2/c1-2-13-12-4-3-11(9-14(12)18-16-13)17-10-5-7-15-8-6-10/h3-4,9-10,15H,2,5-8H2,1H3. The van der Waals surface area contributed by atoms with E-state index in [0.29, 0.717) is 6.10 Å². The third-order valence-electron chi connectivity index (χ3n) is 3.44. The summed E-state index contributed by atoms with van der Waals surface area (Å²) < 4.78 is 11.3. The normalized spacial score (nSPS) is 17.2. The van der Waals surface area contributed by atoms with E-state index in [2.05, 4.69) is 17.4 Å². The molecule has 0 atom stereocenters. The van der Waals surface area contributed by atoms with Crippen molar-refractivity contribution in [2.45, 2.75) is 32.3 Å². The Hall–Kier alpha value is -1.55. The molecular formula is C14H18N2O2. The third-order valence-corrected chi connectivity index (χ3v) is 3.44. The highest BCUT2D eigenvalue weighted by molar-refractivity contribution is 5.80. The summed E-state index contributed by atoms with van der Waals surface area (Å²) in [6.07, 6.45) is 3.34. The van der Waals surface area contributed by atoms with Gasteiger partial charge in [0, 0.05) is 11.5 Å². The van der Waals surface area contributed by atoms with Crippen molar-refractivity contribution in [3.63, 3.8) is 0 Å². The number of aryl methyl sites for hydroxylation is 1. The number of hydrogen-bond donors (Lipinski definition) is 1. The Kier molecular flexibility index (Phi) is 3.19. The largest absolute Gasteiger partial charge is 0.490 e. The number of nitrogens with one attached hydrogen (secondary N) is 1. The van der Waals surface area contributed by atoms with Crippen LogP contribution in [0.3, 0.4) is 0 Å². The molecule has 96 valence electrons. The Morgan fingerprint density at radius 1 is 1.39 bits per heavy atom. The van der Waals surface area contributed by atoms with Gasteiger partial charge in [-0.25, -0.2) is 0 Å². The van der Waals surface area contributed by atoms with Gasteiger partial charge in [0.25, 0.3) is 0 Å². The van der Waals surface area contributed by atoms with Crippen LogP contribution in [0.5, 0.6) is 5.75 Å². The minimum Gasteiger partial charge on any atom is -0.490 e. The lowest BCUT2D eigenvalue weighted by Crippen LogP contribution is -2.34. The summed E-state index contributed by atoms with van der Waals surface area (Å²) >= 11 is 0. The summed E-state index contributed by atoms with van der Waals surface area (Å²) in [5.41, 5.74) is 1.83. The first-order chi connectivity index (χ1) is 8.86. The van der Waals surface area contributed by atoms with Crippen LogP contribution in [-0.2, 0) is 6.42 Å². The van der Waals surface area contributed by atoms with Crippen LogP contribution in [-0.4, -0.2) is 24.4 Å². The maximum atomic E-state index is 5.98. The van der Waals surface area contributed by atoms with Crippen LogP contribution >= 0.6 is 0 Å². The molecule has 0 unspecified atom stereocenters. The minimum atomic E-state index is 0.317. The molecule has 1 saturated heterocycles. The van der Waals surface area contributed by atoms with Gasteiger partial charge in [-0.05, 0) is 44.5 Å². The number of hydrogen-bond acceptors (Lipinski definition) is 4. The fourth-order valence-electron chi connectivity index (χ4n) is 2.40. The van der Waals surface area contributed by atoms with Crippen LogP contribution in [0.1, 0.15) is 25.5 Å². The Balaban J connectivity index is 1.80. The number of ether oxygens (including phenoxy) is 1. The van der Waals surface area contributed by atoms with E-state index in [4.69, 9.17) is 9.26 Å². The smallest absolute Gasteiger partial charge is 0.170 e. The van der Waals surface area contributed by atoms with E-state index in [1.54, 1.807) is 0 Å². The SMILES string of the molecule is CCc1noc2cc(OC3CCNCC3)ccc12. The fraction of sp³-hybridized carbons (Fsp3) is 0.500. The van der Waals surface area contributed by atoms with Gasteiger partial charge in [0.1, 0.15) is 11.9 Å². The van der Waals surface area contributed by atoms with Crippen molar-refractivity contribution < 1.29 is 9.26 Å². The van der Waals surface area contributed by atoms with E-state index in [1.165, 1.54) is 0 Å². The zero-order valence-electron chi connectivity index (χ0n) is 10.6. The summed E-state index contributed by atoms with van der Waals surface area (Å²) in [5, 5.41) is 8.49. The fourth-order valence-corrected chi connectivity index (χ4v) is 2.40. The summed E-state index contributed by atoms with van der Waals surface area (Å²) in [4.78, 5) is 0. The van der Waals surface area contributed by atoms with E-state index in [0.717, 1.165) is 54.8 Å². The number of benzene rings is 1. The maximum absolute atomic E-state index is 5.98. The van der Waals surface area contributed by atoms with Crippen molar-refractivity contribution in [3.8, 4) is 5.75 Å². The molecule has 1 aromatic heterocycles. The van der Waals surface area contributed by atoms with Crippen LogP contribution in [0, 0.1) is 0 Å². The highest BCUT2D eigenvalue weighted by Crippen LogP contribution is 2.25. The summed E-state index contributed by atoms with van der Waals surface area (Å²) in [6, 6.07) is 6.01. The van der Waals surface area contributed by atoms with Crippen LogP contribution < -0.4 is 10.1 Å². The molecule has 1 aromatic carbocycles. The van der Waals surface area contributed by atoms with Crippen molar-refractivity contribution in [2.75, 3.05) is 13.1 Å². The minimum absolute atomic E-state index is 0.317. The van der Waals surface area contributed by atoms with Gasteiger partial charge in [0.15, 0.2) is 5.58 Å². The molecule has 2 heterocycles. The number of aromatic nitrogens is 1. The average Bonchev–Trinajstić information content (AvgIpc) is 2.82. The van der Waals surface area contributed by atoms with E-state index in [1.807, 2.05) is 18.2 Å². The van der Waals surface area contributed by atoms with Crippen LogP contribution in [0.2, 0.25) is 0 Å². The molecule has 1 fully saturated rings. The monoisotopic (exact) mass is 246 g/mol. The second-order valence-electron chi connectivity index (χ2n) is 4.71. The average molecular weight is 246 g/mol. The van der Waals surface area contributed by atoms with Crippen LogP contribution in [0.4, 0.5) is 0 Å². The molecule has 4 heteroatoms. The van der Waals surface area contributed by atoms with E-state index in [9.17, 15) is 0 Å². The second-order valence-corrected chi connectivity index (χ2v) is 4.71. The predicted molar refractivity (Wildman–Crippen MR) is 69.9 cm³/mol. The second kappa shape index (κ2) is 4.98. The molecule has 2 aromatic rings. The van der Waals surface area contributed by atoms with Crippen molar-refractivity contribution >= 4 is 11.0 Å². The van der Waals surface area contributed by atoms with Crippen molar-refractivity contribution in [3.05, 3.63) is 23.9 Å². The van der Waals surface area contributed by atoms with Gasteiger partial charge in [-0.15, -0.1) is 0 Å². The van der Waals surface area contributed by atoms with Gasteiger partial charge in [0.2, 0.25) is 0 Å². The molecule has 4 nitrogen and oxygen atoms in total. The van der Waals surface area contributed by atoms with Crippen molar-refractivity contribution in [1.29, 1.82) is 0 Å². The molecule has 0 bridgehead atoms. The summed E-state index contributed by atoms with van der Waals surface area (Å²) in [6.45, 7) is 4.15. The van der Waals surface area contributed by atoms with Gasteiger partial charge in [0.05, 0.1) is 5.69 Å². The van der Waals surface area contributed by atoms with E-state index < -0.39 is 0 Å². The third kappa shape index (κ3) is 2.20. The molecular weight excluding hydrogens is 228 g/mol. The molecule has 18 heavy (non-hydrogen) atoms. The molecule has 0 spiro atoms. The molecule has 0 aliphatic carbocycles. The Morgan fingerprint density at radius 2 is 2.22 bits per heavy atom. The van der Waals surface area contributed by atoms with Gasteiger partial charge < -0.3 is 14.6 Å². The number of nitrogens with zero attached hydrogens (tertiary/aromatic N) is 1. The van der Waals surface area contributed by atoms with Gasteiger partial charge in [-0.3, -0.25) is 0 Å². The molecule has 0 saturated carbocycles. The Morgan fingerprint density at radius 3 is 3.00 bits per heavy atom. The number of rotatable bonds is 3. The predicted octanol–water partition coefficient (Wildman–Crippen LogP) is 2.52. The lowest BCUT2D eigenvalue weighted by Gasteiger charge is -2.23. The molecule has 3 rings (SSSR count). The topological polar surface area (TPSA) is 47.3 Å². The highest BCUT2D eigenvalue weighted by atomic mass is 16.5. The Labute approximate surface area is 106 Å². The van der Waals surface area contributed by atoms with E-state index >= 15 is 0 Å². The van der Waals surface area contributed by atoms with Crippen LogP contribution in [0.15, 0.2) is 22.7 Å². The van der Waals surface area contributed by atoms with Crippen molar-refractivity contribution in [2.24, 2.45) is 0 Å². The quantitative estimate of drug-likeness (QED) is 0.904. The molecule has 1 aliphatic rings. The summed E-state index contributed by atoms with van der Waals surface area (Å²) in [5.74, 6) is 0.883. The highest BCUT2D eigenvalue weighted by Gasteiger charge is 2.15. The lowest BCUT2D eigenvalue weighted by molar-refractivity contribution is 0.162. The first kappa shape index (κ1) is 11.5. The number of fused-ring (bicyclic) bond motifs is 1. The van der Waals surface area contributed by atoms with Gasteiger partial charge >= 0.3 is 0 Å². The maximum Gasteiger partial charge on any atom is 0.170 e. The first-order valence-corrected chi connectivity index (χ1v) is 6.62. The van der Waals surface area contributed by atoms with E-state index in [-0.39, 0.29) is 0 Å². The molecule has 1 aliphatic heterocycles. The van der Waals surface area contributed by atoms with Gasteiger partial charge in [-0.2, -0.15) is 0 Å². The lowest BCUT2D eigenvalue weighted by atomic mass is 10.1. The zero-order valence-corrected chi connectivity index (χ0v) is 10.6. The Bertz CT molecular complexity index is 530. The molecule has 0 radical (unpaired) electrons. The zero-order chi connectivity index (χ0) is 12.4. The van der Waals surface area contributed by atoms with Crippen molar-refractivity contribution in [1.82, 2.24) is 10.5 Å². The number of piperidine rings is 1. The molecule has 0 amide bonds. The van der Waals surface area contributed by atoms with Gasteiger partial charge in [-0.1, -0.05) is 12.1 Å². The summed E-state index contributed by atoms with van der Waals surface area (Å²) in [7, 11) is 0. The first-order valence-electron chi connectivity index (χ1n) is 6.62. The molecule has 1 N–H and O–H groups in total.